The van der Waals surface area contributed by atoms with Crippen molar-refractivity contribution in [3.05, 3.63) is 29.3 Å². The molecule has 0 saturated carbocycles. The number of aryl methyl sites for hydroxylation is 1. The molecule has 0 spiro atoms. The second kappa shape index (κ2) is 6.24. The minimum Gasteiger partial charge on any atom is -0.444 e. The van der Waals surface area contributed by atoms with Crippen molar-refractivity contribution in [3.8, 4) is 0 Å². The van der Waals surface area contributed by atoms with Crippen LogP contribution in [0.5, 0.6) is 0 Å². The van der Waals surface area contributed by atoms with Crippen LogP contribution in [0, 0.1) is 6.92 Å². The predicted octanol–water partition coefficient (Wildman–Crippen LogP) is 2.80. The number of likely N-dealkylation sites (tertiary alicyclic amines) is 1. The summed E-state index contributed by atoms with van der Waals surface area (Å²) in [6, 6.07) is 5.43. The van der Waals surface area contributed by atoms with E-state index >= 15 is 0 Å². The van der Waals surface area contributed by atoms with Crippen LogP contribution in [0.25, 0.3) is 0 Å². The monoisotopic (exact) mass is 345 g/mol. The molecular weight excluding hydrogens is 318 g/mol. The molecule has 0 radical (unpaired) electrons. The highest BCUT2D eigenvalue weighted by atomic mass is 16.6. The number of benzene rings is 1. The van der Waals surface area contributed by atoms with Gasteiger partial charge in [-0.2, -0.15) is 0 Å². The standard InChI is InChI=1S/C19H27N3O3/c1-12-9-13(20)5-8-16(12)17(23)21-10-14-6-7-15(11-21)22(14)18(24)25-19(2,3)4/h5,8-9,14-15H,6-7,10-11,20H2,1-4H3. The Hall–Kier alpha value is -2.24. The summed E-state index contributed by atoms with van der Waals surface area (Å²) < 4.78 is 5.54. The Labute approximate surface area is 148 Å². The molecule has 6 heteroatoms. The molecule has 1 aromatic rings. The first kappa shape index (κ1) is 17.6. The van der Waals surface area contributed by atoms with Gasteiger partial charge in [-0.05, 0) is 64.3 Å². The number of carbonyl (C=O) groups excluding carboxylic acids is 2. The predicted molar refractivity (Wildman–Crippen MR) is 96.4 cm³/mol. The zero-order valence-electron chi connectivity index (χ0n) is 15.4. The number of nitrogen functional groups attached to an aromatic ring is 1. The summed E-state index contributed by atoms with van der Waals surface area (Å²) in [5.41, 5.74) is 7.49. The van der Waals surface area contributed by atoms with Crippen LogP contribution < -0.4 is 5.73 Å². The van der Waals surface area contributed by atoms with Gasteiger partial charge in [-0.15, -0.1) is 0 Å². The van der Waals surface area contributed by atoms with E-state index in [1.807, 2.05) is 43.6 Å². The van der Waals surface area contributed by atoms with Gasteiger partial charge in [-0.3, -0.25) is 9.69 Å². The second-order valence-corrected chi connectivity index (χ2v) is 8.06. The summed E-state index contributed by atoms with van der Waals surface area (Å²) in [5, 5.41) is 0. The normalized spacial score (nSPS) is 22.9. The van der Waals surface area contributed by atoms with E-state index in [-0.39, 0.29) is 24.1 Å². The first-order chi connectivity index (χ1) is 11.7. The molecule has 0 aromatic heterocycles. The molecule has 2 amide bonds. The van der Waals surface area contributed by atoms with E-state index in [1.165, 1.54) is 0 Å². The molecule has 6 nitrogen and oxygen atoms in total. The number of rotatable bonds is 1. The number of hydrogen-bond donors (Lipinski definition) is 1. The molecule has 2 aliphatic heterocycles. The summed E-state index contributed by atoms with van der Waals surface area (Å²) in [4.78, 5) is 29.1. The SMILES string of the molecule is Cc1cc(N)ccc1C(=O)N1CC2CCC(C1)N2C(=O)OC(C)(C)C. The summed E-state index contributed by atoms with van der Waals surface area (Å²) >= 11 is 0. The lowest BCUT2D eigenvalue weighted by Gasteiger charge is -2.41. The van der Waals surface area contributed by atoms with E-state index in [0.717, 1.165) is 18.4 Å². The third-order valence-electron chi connectivity index (χ3n) is 4.85. The molecule has 2 unspecified atom stereocenters. The van der Waals surface area contributed by atoms with Crippen molar-refractivity contribution in [1.29, 1.82) is 0 Å². The molecule has 2 heterocycles. The number of nitrogens with two attached hydrogens (primary N) is 1. The van der Waals surface area contributed by atoms with Gasteiger partial charge in [0.25, 0.3) is 5.91 Å². The molecule has 2 fully saturated rings. The van der Waals surface area contributed by atoms with Crippen molar-refractivity contribution in [2.45, 2.75) is 58.2 Å². The number of hydrogen-bond acceptors (Lipinski definition) is 4. The zero-order chi connectivity index (χ0) is 18.4. The summed E-state index contributed by atoms with van der Waals surface area (Å²) in [6.07, 6.45) is 1.55. The number of anilines is 1. The van der Waals surface area contributed by atoms with Crippen LogP contribution in [0.3, 0.4) is 0 Å². The fourth-order valence-electron chi connectivity index (χ4n) is 3.78. The second-order valence-electron chi connectivity index (χ2n) is 8.06. The molecule has 25 heavy (non-hydrogen) atoms. The smallest absolute Gasteiger partial charge is 0.410 e. The van der Waals surface area contributed by atoms with E-state index in [9.17, 15) is 9.59 Å². The molecule has 2 N–H and O–H groups in total. The summed E-state index contributed by atoms with van der Waals surface area (Å²) in [6.45, 7) is 8.62. The maximum absolute atomic E-state index is 12.9. The number of carbonyl (C=O) groups is 2. The van der Waals surface area contributed by atoms with Crippen LogP contribution in [0.15, 0.2) is 18.2 Å². The number of piperazine rings is 1. The number of fused-ring (bicyclic) bond motifs is 2. The molecule has 1 aromatic carbocycles. The van der Waals surface area contributed by atoms with Crippen LogP contribution in [0.2, 0.25) is 0 Å². The third-order valence-corrected chi connectivity index (χ3v) is 4.85. The fraction of sp³-hybridized carbons (Fsp3) is 0.579. The maximum Gasteiger partial charge on any atom is 0.410 e. The quantitative estimate of drug-likeness (QED) is 0.794. The van der Waals surface area contributed by atoms with E-state index in [2.05, 4.69) is 0 Å². The Morgan fingerprint density at radius 3 is 2.28 bits per heavy atom. The largest absolute Gasteiger partial charge is 0.444 e. The first-order valence-corrected chi connectivity index (χ1v) is 8.82. The number of amides is 2. The Bertz CT molecular complexity index is 682. The van der Waals surface area contributed by atoms with Gasteiger partial charge in [-0.25, -0.2) is 4.79 Å². The van der Waals surface area contributed by atoms with Crippen molar-refractivity contribution in [2.75, 3.05) is 18.8 Å². The lowest BCUT2D eigenvalue weighted by Crippen LogP contribution is -2.57. The lowest BCUT2D eigenvalue weighted by molar-refractivity contribution is -0.00336. The van der Waals surface area contributed by atoms with Gasteiger partial charge in [0.2, 0.25) is 0 Å². The van der Waals surface area contributed by atoms with Gasteiger partial charge in [0.15, 0.2) is 0 Å². The fourth-order valence-corrected chi connectivity index (χ4v) is 3.78. The van der Waals surface area contributed by atoms with Crippen LogP contribution >= 0.6 is 0 Å². The van der Waals surface area contributed by atoms with Crippen LogP contribution in [0.4, 0.5) is 10.5 Å². The van der Waals surface area contributed by atoms with Crippen molar-refractivity contribution >= 4 is 17.7 Å². The van der Waals surface area contributed by atoms with Crippen molar-refractivity contribution in [3.63, 3.8) is 0 Å². The summed E-state index contributed by atoms with van der Waals surface area (Å²) in [7, 11) is 0. The first-order valence-electron chi connectivity index (χ1n) is 8.82. The lowest BCUT2D eigenvalue weighted by atomic mass is 10.1. The Kier molecular flexibility index (Phi) is 4.39. The molecule has 2 aliphatic rings. The molecule has 3 rings (SSSR count). The average molecular weight is 345 g/mol. The minimum atomic E-state index is -0.509. The molecular formula is C19H27N3O3. The van der Waals surface area contributed by atoms with Gasteiger partial charge in [0, 0.05) is 24.3 Å². The van der Waals surface area contributed by atoms with E-state index in [0.29, 0.717) is 24.3 Å². The van der Waals surface area contributed by atoms with Gasteiger partial charge >= 0.3 is 6.09 Å². The minimum absolute atomic E-state index is 0.0123. The highest BCUT2D eigenvalue weighted by Crippen LogP contribution is 2.32. The molecule has 0 aliphatic carbocycles. The summed E-state index contributed by atoms with van der Waals surface area (Å²) in [5.74, 6) is 0.0123. The number of nitrogens with zero attached hydrogens (tertiary/aromatic N) is 2. The van der Waals surface area contributed by atoms with Crippen molar-refractivity contribution in [1.82, 2.24) is 9.80 Å². The molecule has 2 atom stereocenters. The highest BCUT2D eigenvalue weighted by Gasteiger charge is 2.45. The molecule has 2 bridgehead atoms. The third kappa shape index (κ3) is 3.57. The van der Waals surface area contributed by atoms with E-state index in [1.54, 1.807) is 12.1 Å². The Morgan fingerprint density at radius 2 is 1.76 bits per heavy atom. The van der Waals surface area contributed by atoms with Crippen LogP contribution in [0.1, 0.15) is 49.5 Å². The van der Waals surface area contributed by atoms with Crippen LogP contribution in [-0.2, 0) is 4.74 Å². The Morgan fingerprint density at radius 1 is 1.16 bits per heavy atom. The van der Waals surface area contributed by atoms with Gasteiger partial charge in [0.1, 0.15) is 5.60 Å². The topological polar surface area (TPSA) is 75.9 Å². The number of ether oxygens (including phenoxy) is 1. The average Bonchev–Trinajstić information content (AvgIpc) is 2.75. The van der Waals surface area contributed by atoms with Crippen LogP contribution in [-0.4, -0.2) is 52.6 Å². The van der Waals surface area contributed by atoms with Gasteiger partial charge in [0.05, 0.1) is 12.1 Å². The van der Waals surface area contributed by atoms with Gasteiger partial charge in [-0.1, -0.05) is 0 Å². The highest BCUT2D eigenvalue weighted by molar-refractivity contribution is 5.96. The van der Waals surface area contributed by atoms with E-state index in [4.69, 9.17) is 10.5 Å². The molecule has 2 saturated heterocycles. The molecule has 136 valence electrons. The maximum atomic E-state index is 12.9. The Balaban J connectivity index is 1.73. The zero-order valence-corrected chi connectivity index (χ0v) is 15.4. The van der Waals surface area contributed by atoms with Gasteiger partial charge < -0.3 is 15.4 Å². The van der Waals surface area contributed by atoms with Crippen molar-refractivity contribution in [2.24, 2.45) is 0 Å². The van der Waals surface area contributed by atoms with E-state index < -0.39 is 5.60 Å². The van der Waals surface area contributed by atoms with Crippen molar-refractivity contribution < 1.29 is 14.3 Å².